The highest BCUT2D eigenvalue weighted by atomic mass is 79.9. The van der Waals surface area contributed by atoms with E-state index in [9.17, 15) is 17.2 Å². The van der Waals surface area contributed by atoms with E-state index < -0.39 is 21.7 Å². The highest BCUT2D eigenvalue weighted by molar-refractivity contribution is 9.10. The fraction of sp³-hybridized carbons (Fsp3) is 0. The molecule has 0 fully saturated rings. The van der Waals surface area contributed by atoms with Gasteiger partial charge in [0.15, 0.2) is 0 Å². The number of sulfonamides is 1. The molecule has 0 amide bonds. The molecular formula is C12H8BrF2NO2S. The van der Waals surface area contributed by atoms with Crippen LogP contribution >= 0.6 is 15.9 Å². The molecule has 19 heavy (non-hydrogen) atoms. The van der Waals surface area contributed by atoms with Crippen LogP contribution in [-0.2, 0) is 10.0 Å². The van der Waals surface area contributed by atoms with Gasteiger partial charge in [0.05, 0.1) is 10.6 Å². The fourth-order valence-corrected chi connectivity index (χ4v) is 2.99. The number of anilines is 1. The first-order chi connectivity index (χ1) is 8.88. The van der Waals surface area contributed by atoms with Crippen LogP contribution < -0.4 is 4.72 Å². The fourth-order valence-electron chi connectivity index (χ4n) is 1.41. The van der Waals surface area contributed by atoms with Crippen molar-refractivity contribution < 1.29 is 17.2 Å². The average Bonchev–Trinajstić information content (AvgIpc) is 2.33. The van der Waals surface area contributed by atoms with Gasteiger partial charge in [-0.05, 0) is 52.3 Å². The molecular weight excluding hydrogens is 340 g/mol. The van der Waals surface area contributed by atoms with E-state index >= 15 is 0 Å². The monoisotopic (exact) mass is 347 g/mol. The van der Waals surface area contributed by atoms with Gasteiger partial charge in [-0.25, -0.2) is 17.2 Å². The Hall–Kier alpha value is -1.47. The number of benzene rings is 2. The molecule has 0 aliphatic carbocycles. The second-order valence-electron chi connectivity index (χ2n) is 3.69. The maximum atomic E-state index is 13.1. The van der Waals surface area contributed by atoms with E-state index in [2.05, 4.69) is 20.7 Å². The second kappa shape index (κ2) is 5.26. The Balaban J connectivity index is 2.39. The Morgan fingerprint density at radius 2 is 1.68 bits per heavy atom. The van der Waals surface area contributed by atoms with Crippen molar-refractivity contribution in [1.29, 1.82) is 0 Å². The molecule has 0 bridgehead atoms. The summed E-state index contributed by atoms with van der Waals surface area (Å²) in [6.07, 6.45) is 0. The summed E-state index contributed by atoms with van der Waals surface area (Å²) in [5, 5.41) is 0. The van der Waals surface area contributed by atoms with E-state index in [-0.39, 0.29) is 10.6 Å². The lowest BCUT2D eigenvalue weighted by Crippen LogP contribution is -2.13. The average molecular weight is 348 g/mol. The normalized spacial score (nSPS) is 11.3. The van der Waals surface area contributed by atoms with Crippen LogP contribution in [0, 0.1) is 11.6 Å². The third-order valence-electron chi connectivity index (χ3n) is 2.28. The van der Waals surface area contributed by atoms with Crippen molar-refractivity contribution >= 4 is 31.6 Å². The van der Waals surface area contributed by atoms with Crippen molar-refractivity contribution in [3.05, 3.63) is 58.6 Å². The van der Waals surface area contributed by atoms with E-state index in [1.807, 2.05) is 0 Å². The number of nitrogens with one attached hydrogen (secondary N) is 1. The van der Waals surface area contributed by atoms with Gasteiger partial charge in [-0.15, -0.1) is 0 Å². The summed E-state index contributed by atoms with van der Waals surface area (Å²) in [5.41, 5.74) is 0.0456. The zero-order valence-corrected chi connectivity index (χ0v) is 11.8. The molecule has 7 heteroatoms. The molecule has 0 unspecified atom stereocenters. The van der Waals surface area contributed by atoms with Crippen molar-refractivity contribution in [1.82, 2.24) is 0 Å². The molecule has 0 aliphatic rings. The standard InChI is InChI=1S/C12H8BrF2NO2S/c13-11-5-4-9(15)7-12(11)16-19(17,18)10-3-1-2-8(14)6-10/h1-7,16H. The molecule has 0 aromatic heterocycles. The van der Waals surface area contributed by atoms with Crippen LogP contribution in [0.15, 0.2) is 51.8 Å². The molecule has 0 atom stereocenters. The quantitative estimate of drug-likeness (QED) is 0.923. The predicted molar refractivity (Wildman–Crippen MR) is 71.3 cm³/mol. The third kappa shape index (κ3) is 3.30. The first-order valence-corrected chi connectivity index (χ1v) is 7.39. The van der Waals surface area contributed by atoms with Gasteiger partial charge in [-0.3, -0.25) is 4.72 Å². The van der Waals surface area contributed by atoms with Gasteiger partial charge < -0.3 is 0 Å². The minimum atomic E-state index is -3.96. The van der Waals surface area contributed by atoms with Gasteiger partial charge in [-0.1, -0.05) is 6.07 Å². The highest BCUT2D eigenvalue weighted by Gasteiger charge is 2.16. The van der Waals surface area contributed by atoms with Crippen molar-refractivity contribution in [2.75, 3.05) is 4.72 Å². The Labute approximate surface area is 117 Å². The van der Waals surface area contributed by atoms with Gasteiger partial charge in [0.25, 0.3) is 10.0 Å². The predicted octanol–water partition coefficient (Wildman–Crippen LogP) is 3.53. The topological polar surface area (TPSA) is 46.2 Å². The summed E-state index contributed by atoms with van der Waals surface area (Å²) in [4.78, 5) is -0.233. The number of hydrogen-bond donors (Lipinski definition) is 1. The van der Waals surface area contributed by atoms with E-state index in [0.29, 0.717) is 4.47 Å². The molecule has 100 valence electrons. The van der Waals surface area contributed by atoms with Crippen LogP contribution in [0.5, 0.6) is 0 Å². The molecule has 0 heterocycles. The zero-order valence-electron chi connectivity index (χ0n) is 9.40. The Morgan fingerprint density at radius 1 is 1.00 bits per heavy atom. The van der Waals surface area contributed by atoms with Crippen molar-refractivity contribution in [2.45, 2.75) is 4.90 Å². The smallest absolute Gasteiger partial charge is 0.262 e. The Bertz CT molecular complexity index is 719. The molecule has 0 spiro atoms. The molecule has 1 N–H and O–H groups in total. The number of hydrogen-bond acceptors (Lipinski definition) is 2. The van der Waals surface area contributed by atoms with Gasteiger partial charge in [0, 0.05) is 4.47 Å². The molecule has 0 saturated carbocycles. The lowest BCUT2D eigenvalue weighted by Gasteiger charge is -2.09. The summed E-state index contributed by atoms with van der Waals surface area (Å²) in [5.74, 6) is -1.25. The summed E-state index contributed by atoms with van der Waals surface area (Å²) in [7, 11) is -3.96. The van der Waals surface area contributed by atoms with Gasteiger partial charge in [0.1, 0.15) is 11.6 Å². The summed E-state index contributed by atoms with van der Waals surface area (Å²) < 4.78 is 52.7. The zero-order chi connectivity index (χ0) is 14.0. The van der Waals surface area contributed by atoms with E-state index in [0.717, 1.165) is 18.2 Å². The van der Waals surface area contributed by atoms with Gasteiger partial charge in [0.2, 0.25) is 0 Å². The first-order valence-electron chi connectivity index (χ1n) is 5.12. The summed E-state index contributed by atoms with van der Waals surface area (Å²) in [6, 6.07) is 8.14. The van der Waals surface area contributed by atoms with Crippen molar-refractivity contribution in [3.63, 3.8) is 0 Å². The van der Waals surface area contributed by atoms with Crippen LogP contribution in [0.25, 0.3) is 0 Å². The van der Waals surface area contributed by atoms with Crippen LogP contribution in [0.1, 0.15) is 0 Å². The maximum absolute atomic E-state index is 13.1. The minimum absolute atomic E-state index is 0.0456. The lowest BCUT2D eigenvalue weighted by atomic mass is 10.3. The summed E-state index contributed by atoms with van der Waals surface area (Å²) in [6.45, 7) is 0. The molecule has 0 saturated heterocycles. The lowest BCUT2D eigenvalue weighted by molar-refractivity contribution is 0.595. The molecule has 2 aromatic rings. The largest absolute Gasteiger partial charge is 0.278 e. The van der Waals surface area contributed by atoms with Crippen LogP contribution in [-0.4, -0.2) is 8.42 Å². The third-order valence-corrected chi connectivity index (χ3v) is 4.33. The summed E-state index contributed by atoms with van der Waals surface area (Å²) >= 11 is 3.10. The Morgan fingerprint density at radius 3 is 2.37 bits per heavy atom. The molecule has 2 rings (SSSR count). The number of halogens is 3. The molecule has 2 aromatic carbocycles. The molecule has 0 aliphatic heterocycles. The van der Waals surface area contributed by atoms with E-state index in [1.54, 1.807) is 0 Å². The molecule has 0 radical (unpaired) electrons. The van der Waals surface area contributed by atoms with E-state index in [4.69, 9.17) is 0 Å². The first kappa shape index (κ1) is 14.0. The second-order valence-corrected chi connectivity index (χ2v) is 6.22. The van der Waals surface area contributed by atoms with Gasteiger partial charge in [-0.2, -0.15) is 0 Å². The van der Waals surface area contributed by atoms with Crippen molar-refractivity contribution in [3.8, 4) is 0 Å². The van der Waals surface area contributed by atoms with Crippen molar-refractivity contribution in [2.24, 2.45) is 0 Å². The van der Waals surface area contributed by atoms with Crippen LogP contribution in [0.2, 0.25) is 0 Å². The SMILES string of the molecule is O=S(=O)(Nc1cc(F)ccc1Br)c1cccc(F)c1. The van der Waals surface area contributed by atoms with Gasteiger partial charge >= 0.3 is 0 Å². The highest BCUT2D eigenvalue weighted by Crippen LogP contribution is 2.25. The number of rotatable bonds is 3. The van der Waals surface area contributed by atoms with E-state index in [1.165, 1.54) is 24.3 Å². The molecule has 3 nitrogen and oxygen atoms in total. The van der Waals surface area contributed by atoms with Crippen LogP contribution in [0.4, 0.5) is 14.5 Å². The minimum Gasteiger partial charge on any atom is -0.278 e. The Kier molecular flexibility index (Phi) is 3.86. The van der Waals surface area contributed by atoms with Crippen LogP contribution in [0.3, 0.4) is 0 Å². The maximum Gasteiger partial charge on any atom is 0.262 e.